The van der Waals surface area contributed by atoms with E-state index < -0.39 is 5.25 Å². The van der Waals surface area contributed by atoms with Crippen molar-refractivity contribution in [1.82, 2.24) is 29.9 Å². The summed E-state index contributed by atoms with van der Waals surface area (Å²) in [5.74, 6) is -0.536. The molecule has 3 aromatic rings. The Kier molecular flexibility index (Phi) is 4.75. The van der Waals surface area contributed by atoms with Gasteiger partial charge in [0.25, 0.3) is 0 Å². The second-order valence-corrected chi connectivity index (χ2v) is 6.62. The first-order chi connectivity index (χ1) is 12.0. The van der Waals surface area contributed by atoms with Gasteiger partial charge in [0.15, 0.2) is 16.9 Å². The van der Waals surface area contributed by atoms with E-state index in [9.17, 15) is 9.59 Å². The van der Waals surface area contributed by atoms with Crippen LogP contribution in [0.15, 0.2) is 41.7 Å². The van der Waals surface area contributed by atoms with E-state index in [1.807, 2.05) is 30.3 Å². The molecule has 9 heteroatoms. The van der Waals surface area contributed by atoms with Crippen LogP contribution in [0.1, 0.15) is 6.92 Å². The number of carbonyl (C=O) groups excluding carboxylic acids is 2. The van der Waals surface area contributed by atoms with Crippen LogP contribution in [-0.4, -0.2) is 60.9 Å². The molecule has 0 spiro atoms. The minimum Gasteiger partial charge on any atom is -0.347 e. The number of nitrogens with zero attached hydrogens (tertiary/aromatic N) is 6. The van der Waals surface area contributed by atoms with Crippen LogP contribution in [-0.2, 0) is 9.59 Å². The van der Waals surface area contributed by atoms with Crippen LogP contribution < -0.4 is 0 Å². The van der Waals surface area contributed by atoms with Crippen LogP contribution >= 0.6 is 11.8 Å². The number of rotatable bonds is 5. The number of hydrogen-bond donors (Lipinski definition) is 0. The summed E-state index contributed by atoms with van der Waals surface area (Å²) in [5, 5.41) is 7.84. The van der Waals surface area contributed by atoms with Gasteiger partial charge in [0.2, 0.25) is 5.91 Å². The first kappa shape index (κ1) is 17.0. The van der Waals surface area contributed by atoms with Crippen molar-refractivity contribution in [2.45, 2.75) is 17.2 Å². The highest BCUT2D eigenvalue weighted by Gasteiger charge is 2.28. The quantitative estimate of drug-likeness (QED) is 0.387. The van der Waals surface area contributed by atoms with E-state index in [2.05, 4.69) is 20.3 Å². The number of hydrogen-bond acceptors (Lipinski definition) is 7. The van der Waals surface area contributed by atoms with Crippen LogP contribution in [0.2, 0.25) is 0 Å². The number of amides is 1. The Bertz CT molecular complexity index is 925. The Balaban J connectivity index is 2.02. The van der Waals surface area contributed by atoms with Gasteiger partial charge in [0.05, 0.1) is 5.69 Å². The number of ketones is 1. The lowest BCUT2D eigenvalue weighted by Gasteiger charge is -2.17. The summed E-state index contributed by atoms with van der Waals surface area (Å²) in [6.45, 7) is 1.39. The van der Waals surface area contributed by atoms with E-state index in [4.69, 9.17) is 0 Å². The molecule has 1 amide bonds. The van der Waals surface area contributed by atoms with E-state index in [-0.39, 0.29) is 11.7 Å². The third-order valence-electron chi connectivity index (χ3n) is 3.47. The average Bonchev–Trinajstić information content (AvgIpc) is 3.04. The lowest BCUT2D eigenvalue weighted by atomic mass is 10.3. The number of benzene rings is 1. The molecule has 0 saturated heterocycles. The monoisotopic (exact) mass is 356 g/mol. The highest BCUT2D eigenvalue weighted by atomic mass is 32.2. The highest BCUT2D eigenvalue weighted by molar-refractivity contribution is 8.01. The van der Waals surface area contributed by atoms with Crippen LogP contribution in [0.3, 0.4) is 0 Å². The van der Waals surface area contributed by atoms with E-state index in [0.717, 1.165) is 17.4 Å². The van der Waals surface area contributed by atoms with Gasteiger partial charge in [-0.2, -0.15) is 4.68 Å². The first-order valence-electron chi connectivity index (χ1n) is 7.49. The van der Waals surface area contributed by atoms with Gasteiger partial charge in [0, 0.05) is 14.1 Å². The Morgan fingerprint density at radius 3 is 2.52 bits per heavy atom. The largest absolute Gasteiger partial charge is 0.347 e. The van der Waals surface area contributed by atoms with Gasteiger partial charge in [0.1, 0.15) is 16.6 Å². The van der Waals surface area contributed by atoms with Crippen LogP contribution in [0.5, 0.6) is 0 Å². The van der Waals surface area contributed by atoms with Crippen LogP contribution in [0.25, 0.3) is 16.9 Å². The lowest BCUT2D eigenvalue weighted by Crippen LogP contribution is -2.36. The molecule has 0 bridgehead atoms. The molecule has 0 saturated carbocycles. The normalized spacial score (nSPS) is 12.1. The number of fused-ring (bicyclic) bond motifs is 1. The minimum absolute atomic E-state index is 0.245. The molecule has 1 aromatic carbocycles. The van der Waals surface area contributed by atoms with Crippen LogP contribution in [0.4, 0.5) is 0 Å². The molecular formula is C16H16N6O2S. The molecule has 2 aromatic heterocycles. The summed E-state index contributed by atoms with van der Waals surface area (Å²) in [6.07, 6.45) is 1.38. The minimum atomic E-state index is -0.880. The van der Waals surface area contributed by atoms with Gasteiger partial charge in [-0.25, -0.2) is 9.97 Å². The van der Waals surface area contributed by atoms with E-state index in [0.29, 0.717) is 16.2 Å². The van der Waals surface area contributed by atoms with Crippen molar-refractivity contribution < 1.29 is 9.59 Å². The first-order valence-corrected chi connectivity index (χ1v) is 8.37. The van der Waals surface area contributed by atoms with Crippen molar-refractivity contribution in [2.75, 3.05) is 14.1 Å². The fraction of sp³-hybridized carbons (Fsp3) is 0.250. The zero-order valence-corrected chi connectivity index (χ0v) is 14.8. The Morgan fingerprint density at radius 1 is 1.16 bits per heavy atom. The molecule has 0 unspecified atom stereocenters. The number of aromatic nitrogens is 5. The Labute approximate surface area is 148 Å². The number of carbonyl (C=O) groups is 2. The van der Waals surface area contributed by atoms with Crippen molar-refractivity contribution in [2.24, 2.45) is 0 Å². The van der Waals surface area contributed by atoms with Crippen molar-refractivity contribution in [3.05, 3.63) is 36.7 Å². The predicted molar refractivity (Wildman–Crippen MR) is 93.5 cm³/mol. The number of para-hydroxylation sites is 1. The fourth-order valence-corrected chi connectivity index (χ4v) is 3.26. The molecule has 25 heavy (non-hydrogen) atoms. The van der Waals surface area contributed by atoms with Crippen molar-refractivity contribution in [3.63, 3.8) is 0 Å². The molecule has 1 atom stereocenters. The smallest absolute Gasteiger partial charge is 0.243 e. The molecule has 3 rings (SSSR count). The standard InChI is InChI=1S/C16H16N6O2S/c1-10(23)13(16(24)21(2)3)25-15-12-14(17-9-18-15)22(20-19-12)11-7-5-4-6-8-11/h4-9,13H,1-3H3/t13-/m1/s1. The topological polar surface area (TPSA) is 93.9 Å². The van der Waals surface area contributed by atoms with E-state index in [1.165, 1.54) is 18.2 Å². The summed E-state index contributed by atoms with van der Waals surface area (Å²) in [6, 6.07) is 9.46. The maximum atomic E-state index is 12.3. The molecule has 0 aliphatic heterocycles. The molecule has 0 fully saturated rings. The summed E-state index contributed by atoms with van der Waals surface area (Å²) < 4.78 is 1.59. The molecule has 0 aliphatic carbocycles. The van der Waals surface area contributed by atoms with Crippen molar-refractivity contribution in [3.8, 4) is 5.69 Å². The second-order valence-electron chi connectivity index (χ2n) is 5.53. The van der Waals surface area contributed by atoms with Gasteiger partial charge in [-0.05, 0) is 19.1 Å². The van der Waals surface area contributed by atoms with Gasteiger partial charge < -0.3 is 4.90 Å². The number of Topliss-reactive ketones (excluding diaryl/α,β-unsaturated/α-hetero) is 1. The van der Waals surface area contributed by atoms with Gasteiger partial charge in [-0.15, -0.1) is 5.10 Å². The SMILES string of the molecule is CC(=O)[C@@H](Sc1ncnc2c1nnn2-c1ccccc1)C(=O)N(C)C. The van der Waals surface area contributed by atoms with E-state index in [1.54, 1.807) is 18.8 Å². The molecule has 128 valence electrons. The molecule has 0 N–H and O–H groups in total. The summed E-state index contributed by atoms with van der Waals surface area (Å²) in [4.78, 5) is 34.0. The van der Waals surface area contributed by atoms with Gasteiger partial charge >= 0.3 is 0 Å². The molecule has 8 nitrogen and oxygen atoms in total. The zero-order valence-electron chi connectivity index (χ0n) is 13.9. The van der Waals surface area contributed by atoms with Crippen molar-refractivity contribution >= 4 is 34.6 Å². The summed E-state index contributed by atoms with van der Waals surface area (Å²) >= 11 is 1.06. The third-order valence-corrected chi connectivity index (χ3v) is 4.76. The summed E-state index contributed by atoms with van der Waals surface area (Å²) in [5.41, 5.74) is 1.78. The molecule has 0 aliphatic rings. The molecule has 2 heterocycles. The predicted octanol–water partition coefficient (Wildman–Crippen LogP) is 1.35. The molecular weight excluding hydrogens is 340 g/mol. The second kappa shape index (κ2) is 6.98. The fourth-order valence-electron chi connectivity index (χ4n) is 2.21. The van der Waals surface area contributed by atoms with Crippen molar-refractivity contribution in [1.29, 1.82) is 0 Å². The summed E-state index contributed by atoms with van der Waals surface area (Å²) in [7, 11) is 3.22. The third kappa shape index (κ3) is 3.36. The van der Waals surface area contributed by atoms with Gasteiger partial charge in [-0.1, -0.05) is 35.2 Å². The highest BCUT2D eigenvalue weighted by Crippen LogP contribution is 2.28. The Hall–Kier alpha value is -2.81. The van der Waals surface area contributed by atoms with Crippen LogP contribution in [0, 0.1) is 0 Å². The number of thioether (sulfide) groups is 1. The maximum absolute atomic E-state index is 12.3. The zero-order chi connectivity index (χ0) is 18.0. The maximum Gasteiger partial charge on any atom is 0.243 e. The Morgan fingerprint density at radius 2 is 1.88 bits per heavy atom. The lowest BCUT2D eigenvalue weighted by molar-refractivity contribution is -0.132. The van der Waals surface area contributed by atoms with E-state index >= 15 is 0 Å². The average molecular weight is 356 g/mol. The molecule has 0 radical (unpaired) electrons. The van der Waals surface area contributed by atoms with Gasteiger partial charge in [-0.3, -0.25) is 9.59 Å².